The van der Waals surface area contributed by atoms with Crippen molar-refractivity contribution in [3.8, 4) is 0 Å². The fraction of sp³-hybridized carbons (Fsp3) is 0.400. The van der Waals surface area contributed by atoms with Crippen LogP contribution in [0.25, 0.3) is 0 Å². The standard InChI is InChI=1S/C20H25N3O3/c1-3-21-14(2)12-22-19(24)17-11-15-7-4-5-8-16(15)13-23(17)20(25)18-9-6-10-26-18/h4-10,14,17,21H,3,11-13H2,1-2H3,(H,22,24)/t14-,17?/m1/s1. The van der Waals surface area contributed by atoms with E-state index in [0.29, 0.717) is 19.5 Å². The normalized spacial score (nSPS) is 17.5. The Morgan fingerprint density at radius 3 is 2.69 bits per heavy atom. The molecule has 0 fully saturated rings. The maximum Gasteiger partial charge on any atom is 0.290 e. The van der Waals surface area contributed by atoms with E-state index in [0.717, 1.165) is 17.7 Å². The molecule has 2 amide bonds. The SMILES string of the molecule is CCN[C@H](C)CNC(=O)C1Cc2ccccc2CN1C(=O)c1ccco1. The van der Waals surface area contributed by atoms with Crippen LogP contribution >= 0.6 is 0 Å². The number of rotatable bonds is 6. The van der Waals surface area contributed by atoms with Gasteiger partial charge < -0.3 is 20.0 Å². The summed E-state index contributed by atoms with van der Waals surface area (Å²) in [4.78, 5) is 27.3. The molecule has 26 heavy (non-hydrogen) atoms. The van der Waals surface area contributed by atoms with Gasteiger partial charge >= 0.3 is 0 Å². The van der Waals surface area contributed by atoms with Crippen molar-refractivity contribution < 1.29 is 14.0 Å². The first-order valence-corrected chi connectivity index (χ1v) is 9.02. The highest BCUT2D eigenvalue weighted by atomic mass is 16.3. The van der Waals surface area contributed by atoms with Crippen LogP contribution in [0.2, 0.25) is 0 Å². The molecule has 6 heteroatoms. The number of hydrogen-bond acceptors (Lipinski definition) is 4. The minimum absolute atomic E-state index is 0.135. The molecule has 6 nitrogen and oxygen atoms in total. The van der Waals surface area contributed by atoms with E-state index in [9.17, 15) is 9.59 Å². The predicted molar refractivity (Wildman–Crippen MR) is 98.7 cm³/mol. The summed E-state index contributed by atoms with van der Waals surface area (Å²) < 4.78 is 5.26. The van der Waals surface area contributed by atoms with E-state index >= 15 is 0 Å². The fourth-order valence-electron chi connectivity index (χ4n) is 3.30. The quantitative estimate of drug-likeness (QED) is 0.831. The molecule has 0 saturated heterocycles. The van der Waals surface area contributed by atoms with E-state index in [-0.39, 0.29) is 23.6 Å². The van der Waals surface area contributed by atoms with Crippen molar-refractivity contribution in [3.63, 3.8) is 0 Å². The van der Waals surface area contributed by atoms with E-state index in [1.165, 1.54) is 6.26 Å². The summed E-state index contributed by atoms with van der Waals surface area (Å²) in [5.74, 6) is -0.142. The van der Waals surface area contributed by atoms with E-state index in [4.69, 9.17) is 4.42 Å². The number of benzene rings is 1. The van der Waals surface area contributed by atoms with E-state index < -0.39 is 6.04 Å². The van der Waals surface area contributed by atoms with E-state index in [1.54, 1.807) is 17.0 Å². The fourth-order valence-corrected chi connectivity index (χ4v) is 3.30. The third-order valence-electron chi connectivity index (χ3n) is 4.68. The van der Waals surface area contributed by atoms with E-state index in [2.05, 4.69) is 10.6 Å². The zero-order valence-corrected chi connectivity index (χ0v) is 15.2. The number of nitrogens with zero attached hydrogens (tertiary/aromatic N) is 1. The molecule has 0 radical (unpaired) electrons. The van der Waals surface area contributed by atoms with Gasteiger partial charge in [0.2, 0.25) is 5.91 Å². The highest BCUT2D eigenvalue weighted by molar-refractivity contribution is 5.96. The Kier molecular flexibility index (Phi) is 5.73. The summed E-state index contributed by atoms with van der Waals surface area (Å²) in [5, 5.41) is 6.24. The molecule has 2 aromatic rings. The molecule has 1 unspecified atom stereocenters. The molecule has 0 spiro atoms. The van der Waals surface area contributed by atoms with Crippen LogP contribution in [0.3, 0.4) is 0 Å². The summed E-state index contributed by atoms with van der Waals surface area (Å²) in [6.07, 6.45) is 1.97. The topological polar surface area (TPSA) is 74.6 Å². The lowest BCUT2D eigenvalue weighted by Crippen LogP contribution is -2.54. The van der Waals surface area contributed by atoms with E-state index in [1.807, 2.05) is 38.1 Å². The average molecular weight is 355 g/mol. The lowest BCUT2D eigenvalue weighted by atomic mass is 9.93. The Morgan fingerprint density at radius 1 is 1.23 bits per heavy atom. The second-order valence-electron chi connectivity index (χ2n) is 6.60. The maximum absolute atomic E-state index is 12.9. The minimum Gasteiger partial charge on any atom is -0.459 e. The second kappa shape index (κ2) is 8.19. The third kappa shape index (κ3) is 3.96. The molecule has 3 rings (SSSR count). The van der Waals surface area contributed by atoms with Crippen molar-refractivity contribution >= 4 is 11.8 Å². The Morgan fingerprint density at radius 2 is 2.00 bits per heavy atom. The van der Waals surface area contributed by atoms with Gasteiger partial charge in [0.15, 0.2) is 5.76 Å². The summed E-state index contributed by atoms with van der Waals surface area (Å²) in [6, 6.07) is 10.9. The van der Waals surface area contributed by atoms with Gasteiger partial charge in [0, 0.05) is 25.6 Å². The molecule has 2 heterocycles. The second-order valence-corrected chi connectivity index (χ2v) is 6.60. The van der Waals surface area contributed by atoms with Crippen molar-refractivity contribution in [2.45, 2.75) is 38.9 Å². The Hall–Kier alpha value is -2.60. The van der Waals surface area contributed by atoms with Crippen molar-refractivity contribution in [2.24, 2.45) is 0 Å². The van der Waals surface area contributed by atoms with Crippen LogP contribution in [-0.4, -0.2) is 41.9 Å². The van der Waals surface area contributed by atoms with Gasteiger partial charge in [0.05, 0.1) is 6.26 Å². The van der Waals surface area contributed by atoms with Crippen molar-refractivity contribution in [1.29, 1.82) is 0 Å². The molecule has 1 aliphatic rings. The number of nitrogens with one attached hydrogen (secondary N) is 2. The monoisotopic (exact) mass is 355 g/mol. The van der Waals surface area contributed by atoms with Gasteiger partial charge in [0.1, 0.15) is 6.04 Å². The molecule has 138 valence electrons. The molecule has 0 saturated carbocycles. The lowest BCUT2D eigenvalue weighted by Gasteiger charge is -2.35. The number of amides is 2. The molecule has 0 bridgehead atoms. The summed E-state index contributed by atoms with van der Waals surface area (Å²) in [7, 11) is 0. The van der Waals surface area contributed by atoms with Gasteiger partial charge in [-0.25, -0.2) is 0 Å². The van der Waals surface area contributed by atoms with Crippen LogP contribution in [0.5, 0.6) is 0 Å². The Bertz CT molecular complexity index is 757. The third-order valence-corrected chi connectivity index (χ3v) is 4.68. The smallest absolute Gasteiger partial charge is 0.290 e. The minimum atomic E-state index is -0.545. The number of fused-ring (bicyclic) bond motifs is 1. The Labute approximate surface area is 153 Å². The van der Waals surface area contributed by atoms with Crippen LogP contribution in [0.15, 0.2) is 47.1 Å². The van der Waals surface area contributed by atoms with Crippen LogP contribution in [0.1, 0.15) is 35.5 Å². The highest BCUT2D eigenvalue weighted by Crippen LogP contribution is 2.25. The molecule has 2 N–H and O–H groups in total. The van der Waals surface area contributed by atoms with Crippen molar-refractivity contribution in [2.75, 3.05) is 13.1 Å². The number of carbonyl (C=O) groups excluding carboxylic acids is 2. The van der Waals surface area contributed by atoms with Gasteiger partial charge in [-0.2, -0.15) is 0 Å². The molecule has 1 aliphatic heterocycles. The molecular formula is C20H25N3O3. The number of carbonyl (C=O) groups is 2. The molecule has 0 aliphatic carbocycles. The average Bonchev–Trinajstić information content (AvgIpc) is 3.19. The molecular weight excluding hydrogens is 330 g/mol. The first-order valence-electron chi connectivity index (χ1n) is 9.02. The van der Waals surface area contributed by atoms with Gasteiger partial charge in [-0.05, 0) is 36.7 Å². The summed E-state index contributed by atoms with van der Waals surface area (Å²) in [5.41, 5.74) is 2.17. The first kappa shape index (κ1) is 18.2. The van der Waals surface area contributed by atoms with Crippen LogP contribution in [0.4, 0.5) is 0 Å². The summed E-state index contributed by atoms with van der Waals surface area (Å²) in [6.45, 7) is 5.81. The van der Waals surface area contributed by atoms with Crippen LogP contribution in [0, 0.1) is 0 Å². The first-order chi connectivity index (χ1) is 12.6. The number of hydrogen-bond donors (Lipinski definition) is 2. The summed E-state index contributed by atoms with van der Waals surface area (Å²) >= 11 is 0. The molecule has 1 aromatic carbocycles. The van der Waals surface area contributed by atoms with Gasteiger partial charge in [-0.15, -0.1) is 0 Å². The van der Waals surface area contributed by atoms with Crippen LogP contribution < -0.4 is 10.6 Å². The van der Waals surface area contributed by atoms with Gasteiger partial charge in [0.25, 0.3) is 5.91 Å². The van der Waals surface area contributed by atoms with Gasteiger partial charge in [-0.3, -0.25) is 9.59 Å². The van der Waals surface area contributed by atoms with Gasteiger partial charge in [-0.1, -0.05) is 31.2 Å². The number of likely N-dealkylation sites (N-methyl/N-ethyl adjacent to an activating group) is 1. The lowest BCUT2D eigenvalue weighted by molar-refractivity contribution is -0.126. The molecule has 1 aromatic heterocycles. The zero-order valence-electron chi connectivity index (χ0n) is 15.2. The maximum atomic E-state index is 12.9. The van der Waals surface area contributed by atoms with Crippen LogP contribution in [-0.2, 0) is 17.8 Å². The zero-order chi connectivity index (χ0) is 18.5. The predicted octanol–water partition coefficient (Wildman–Crippen LogP) is 1.96. The largest absolute Gasteiger partial charge is 0.459 e. The van der Waals surface area contributed by atoms with Crippen molar-refractivity contribution in [3.05, 3.63) is 59.5 Å². The van der Waals surface area contributed by atoms with Crippen molar-refractivity contribution in [1.82, 2.24) is 15.5 Å². The highest BCUT2D eigenvalue weighted by Gasteiger charge is 2.35. The molecule has 2 atom stereocenters. The number of furan rings is 1. The Balaban J connectivity index is 1.79.